The van der Waals surface area contributed by atoms with Gasteiger partial charge in [0.1, 0.15) is 0 Å². The molecule has 1 fully saturated rings. The highest BCUT2D eigenvalue weighted by atomic mass is 35.5. The van der Waals surface area contributed by atoms with Crippen LogP contribution in [0, 0.1) is 5.92 Å². The second-order valence-electron chi connectivity index (χ2n) is 5.72. The van der Waals surface area contributed by atoms with E-state index in [-0.39, 0.29) is 23.4 Å². The Morgan fingerprint density at radius 3 is 2.38 bits per heavy atom. The first kappa shape index (κ1) is 17.1. The first-order valence-electron chi connectivity index (χ1n) is 7.18. The second kappa shape index (κ2) is 6.30. The number of hydrogen-bond donors (Lipinski definition) is 1. The van der Waals surface area contributed by atoms with Crippen molar-refractivity contribution in [1.29, 1.82) is 0 Å². The molecule has 1 amide bonds. The summed E-state index contributed by atoms with van der Waals surface area (Å²) < 4.78 is 38.1. The van der Waals surface area contributed by atoms with E-state index in [1.54, 1.807) is 18.2 Å². The number of anilines is 1. The molecule has 0 aliphatic heterocycles. The van der Waals surface area contributed by atoms with Crippen molar-refractivity contribution in [2.45, 2.75) is 18.5 Å². The lowest BCUT2D eigenvalue weighted by molar-refractivity contribution is -0.137. The second-order valence-corrected chi connectivity index (χ2v) is 6.59. The monoisotopic (exact) mass is 373 g/mol. The van der Waals surface area contributed by atoms with Crippen LogP contribution in [-0.2, 0) is 11.0 Å². The number of benzene rings is 2. The molecule has 2 aromatic rings. The average Bonchev–Trinajstić information content (AvgIpc) is 3.26. The summed E-state index contributed by atoms with van der Waals surface area (Å²) in [4.78, 5) is 12.2. The van der Waals surface area contributed by atoms with Crippen molar-refractivity contribution in [3.05, 3.63) is 63.6 Å². The molecule has 0 bridgehead atoms. The third-order valence-electron chi connectivity index (χ3n) is 3.90. The highest BCUT2D eigenvalue weighted by Crippen LogP contribution is 2.49. The van der Waals surface area contributed by atoms with Gasteiger partial charge in [-0.2, -0.15) is 13.2 Å². The topological polar surface area (TPSA) is 29.1 Å². The van der Waals surface area contributed by atoms with E-state index in [9.17, 15) is 18.0 Å². The maximum atomic E-state index is 12.7. The third-order valence-corrected chi connectivity index (χ3v) is 4.33. The van der Waals surface area contributed by atoms with Crippen molar-refractivity contribution < 1.29 is 18.0 Å². The van der Waals surface area contributed by atoms with Gasteiger partial charge in [0.2, 0.25) is 5.91 Å². The van der Waals surface area contributed by atoms with Crippen LogP contribution in [0.25, 0.3) is 0 Å². The average molecular weight is 374 g/mol. The van der Waals surface area contributed by atoms with Crippen molar-refractivity contribution in [3.8, 4) is 0 Å². The van der Waals surface area contributed by atoms with E-state index in [1.807, 2.05) is 0 Å². The summed E-state index contributed by atoms with van der Waals surface area (Å²) in [6.07, 6.45) is -3.83. The maximum Gasteiger partial charge on any atom is 0.416 e. The van der Waals surface area contributed by atoms with Crippen molar-refractivity contribution in [1.82, 2.24) is 0 Å². The zero-order valence-corrected chi connectivity index (χ0v) is 13.7. The molecule has 126 valence electrons. The lowest BCUT2D eigenvalue weighted by Crippen LogP contribution is -2.15. The van der Waals surface area contributed by atoms with E-state index in [0.29, 0.717) is 16.5 Å². The Bertz CT molecular complexity index is 771. The van der Waals surface area contributed by atoms with Gasteiger partial charge in [-0.3, -0.25) is 4.79 Å². The fourth-order valence-electron chi connectivity index (χ4n) is 2.65. The molecule has 0 heterocycles. The molecular formula is C17H12Cl2F3NO. The number of nitrogens with one attached hydrogen (secondary N) is 1. The number of carbonyl (C=O) groups excluding carboxylic acids is 1. The van der Waals surface area contributed by atoms with E-state index in [2.05, 4.69) is 5.32 Å². The van der Waals surface area contributed by atoms with Gasteiger partial charge in [-0.15, -0.1) is 0 Å². The summed E-state index contributed by atoms with van der Waals surface area (Å²) in [5.74, 6) is -0.628. The zero-order chi connectivity index (χ0) is 17.5. The highest BCUT2D eigenvalue weighted by Gasteiger charge is 2.44. The normalized spacial score (nSPS) is 19.9. The number of rotatable bonds is 3. The predicted octanol–water partition coefficient (Wildman–Crippen LogP) is 5.75. The molecule has 1 aliphatic carbocycles. The molecular weight excluding hydrogens is 362 g/mol. The minimum absolute atomic E-state index is 0.0213. The molecule has 0 aromatic heterocycles. The van der Waals surface area contributed by atoms with E-state index in [4.69, 9.17) is 23.2 Å². The van der Waals surface area contributed by atoms with Crippen molar-refractivity contribution in [3.63, 3.8) is 0 Å². The summed E-state index contributed by atoms with van der Waals surface area (Å²) in [5.41, 5.74) is 0.190. The molecule has 2 nitrogen and oxygen atoms in total. The van der Waals surface area contributed by atoms with Gasteiger partial charge >= 0.3 is 6.18 Å². The van der Waals surface area contributed by atoms with Crippen LogP contribution in [0.4, 0.5) is 18.9 Å². The van der Waals surface area contributed by atoms with Crippen LogP contribution in [0.2, 0.25) is 10.0 Å². The molecule has 2 aromatic carbocycles. The maximum absolute atomic E-state index is 12.7. The van der Waals surface area contributed by atoms with Crippen LogP contribution in [0.5, 0.6) is 0 Å². The summed E-state index contributed by atoms with van der Waals surface area (Å²) in [7, 11) is 0. The highest BCUT2D eigenvalue weighted by molar-refractivity contribution is 6.34. The number of alkyl halides is 3. The van der Waals surface area contributed by atoms with Crippen LogP contribution in [0.3, 0.4) is 0 Å². The van der Waals surface area contributed by atoms with Crippen LogP contribution in [-0.4, -0.2) is 5.91 Å². The minimum Gasteiger partial charge on any atom is -0.326 e. The van der Waals surface area contributed by atoms with Crippen LogP contribution < -0.4 is 5.32 Å². The van der Waals surface area contributed by atoms with Crippen LogP contribution in [0.15, 0.2) is 42.5 Å². The molecule has 7 heteroatoms. The van der Waals surface area contributed by atoms with Gasteiger partial charge in [0.25, 0.3) is 0 Å². The van der Waals surface area contributed by atoms with E-state index in [1.165, 1.54) is 12.1 Å². The van der Waals surface area contributed by atoms with Crippen LogP contribution in [0.1, 0.15) is 23.5 Å². The molecule has 1 aliphatic rings. The van der Waals surface area contributed by atoms with Gasteiger partial charge < -0.3 is 5.32 Å². The lowest BCUT2D eigenvalue weighted by atomic mass is 10.1. The molecule has 24 heavy (non-hydrogen) atoms. The molecule has 2 atom stereocenters. The first-order chi connectivity index (χ1) is 11.2. The molecule has 1 N–H and O–H groups in total. The Labute approximate surface area is 146 Å². The molecule has 3 rings (SSSR count). The number of amides is 1. The summed E-state index contributed by atoms with van der Waals surface area (Å²) in [6, 6.07) is 9.67. The summed E-state index contributed by atoms with van der Waals surface area (Å²) in [5, 5.41) is 3.52. The van der Waals surface area contributed by atoms with E-state index < -0.39 is 11.7 Å². The minimum atomic E-state index is -4.44. The molecule has 0 unspecified atom stereocenters. The molecule has 0 saturated heterocycles. The predicted molar refractivity (Wildman–Crippen MR) is 87.4 cm³/mol. The first-order valence-corrected chi connectivity index (χ1v) is 7.94. The van der Waals surface area contributed by atoms with Gasteiger partial charge in [-0.25, -0.2) is 0 Å². The Kier molecular flexibility index (Phi) is 4.49. The molecule has 0 radical (unpaired) electrons. The Morgan fingerprint density at radius 2 is 1.75 bits per heavy atom. The Balaban J connectivity index is 1.69. The van der Waals surface area contributed by atoms with Crippen molar-refractivity contribution in [2.75, 3.05) is 5.32 Å². The van der Waals surface area contributed by atoms with Gasteiger partial charge in [0, 0.05) is 21.7 Å². The van der Waals surface area contributed by atoms with Gasteiger partial charge in [0.15, 0.2) is 0 Å². The van der Waals surface area contributed by atoms with E-state index >= 15 is 0 Å². The smallest absolute Gasteiger partial charge is 0.326 e. The SMILES string of the molecule is O=C(Nc1cccc(C(F)(F)F)c1)[C@@H]1C[C@H]1c1cc(Cl)cc(Cl)c1. The summed E-state index contributed by atoms with van der Waals surface area (Å²) >= 11 is 11.9. The van der Waals surface area contributed by atoms with Gasteiger partial charge in [0.05, 0.1) is 5.56 Å². The Hall–Kier alpha value is -1.72. The van der Waals surface area contributed by atoms with Gasteiger partial charge in [-0.1, -0.05) is 29.3 Å². The van der Waals surface area contributed by atoms with E-state index in [0.717, 1.165) is 17.7 Å². The third kappa shape index (κ3) is 3.84. The number of carbonyl (C=O) groups is 1. The Morgan fingerprint density at radius 1 is 1.08 bits per heavy atom. The summed E-state index contributed by atoms with van der Waals surface area (Å²) in [6.45, 7) is 0. The van der Waals surface area contributed by atoms with Crippen molar-refractivity contribution in [2.24, 2.45) is 5.92 Å². The van der Waals surface area contributed by atoms with Crippen LogP contribution >= 0.6 is 23.2 Å². The number of halogens is 5. The fourth-order valence-corrected chi connectivity index (χ4v) is 3.19. The van der Waals surface area contributed by atoms with Crippen molar-refractivity contribution >= 4 is 34.8 Å². The zero-order valence-electron chi connectivity index (χ0n) is 12.2. The molecule has 1 saturated carbocycles. The number of hydrogen-bond acceptors (Lipinski definition) is 1. The molecule has 0 spiro atoms. The standard InChI is InChI=1S/C17H12Cl2F3NO/c18-11-4-9(5-12(19)7-11)14-8-15(14)16(24)23-13-3-1-2-10(6-13)17(20,21)22/h1-7,14-15H,8H2,(H,23,24)/t14-,15+/m0/s1. The van der Waals surface area contributed by atoms with Gasteiger partial charge in [-0.05, 0) is 54.3 Å². The fraction of sp³-hybridized carbons (Fsp3) is 0.235. The lowest BCUT2D eigenvalue weighted by Gasteiger charge is -2.10. The quantitative estimate of drug-likeness (QED) is 0.728. The largest absolute Gasteiger partial charge is 0.416 e.